The molecule has 0 aliphatic rings. The molecule has 0 aliphatic carbocycles. The van der Waals surface area contributed by atoms with Crippen molar-refractivity contribution in [2.75, 3.05) is 21.1 Å². The second-order valence-corrected chi connectivity index (χ2v) is 2.57. The van der Waals surface area contributed by atoms with Gasteiger partial charge in [-0.3, -0.25) is 0 Å². The van der Waals surface area contributed by atoms with Gasteiger partial charge in [0.1, 0.15) is 0 Å². The number of hydrogen-bond donors (Lipinski definition) is 0. The van der Waals surface area contributed by atoms with Crippen molar-refractivity contribution in [3.05, 3.63) is 12.3 Å². The Morgan fingerprint density at radius 3 is 1.43 bits per heavy atom. The van der Waals surface area contributed by atoms with Crippen LogP contribution in [0.2, 0.25) is 0 Å². The van der Waals surface area contributed by atoms with Gasteiger partial charge in [0.05, 0.1) is 0 Å². The third kappa shape index (κ3) is 13100. The predicted octanol–water partition coefficient (Wildman–Crippen LogP) is -0.327. The Hall–Kier alpha value is -0.0831. The summed E-state index contributed by atoms with van der Waals surface area (Å²) in [4.78, 5) is 2.00. The Bertz CT molecular complexity index is 32.3. The maximum atomic E-state index is 3.42. The maximum Gasteiger partial charge on any atom is 0.0283 e. The highest BCUT2D eigenvalue weighted by Crippen LogP contribution is 1.47. The molecule has 0 heterocycles. The molecule has 7 heavy (non-hydrogen) atoms. The van der Waals surface area contributed by atoms with Crippen LogP contribution in [0.25, 0.3) is 0 Å². The first-order chi connectivity index (χ1) is 3.15. The van der Waals surface area contributed by atoms with Gasteiger partial charge in [-0.25, -0.2) is 0 Å². The van der Waals surface area contributed by atoms with Gasteiger partial charge in [-0.2, -0.15) is 0 Å². The molecule has 0 fully saturated rings. The molecule has 0 bridgehead atoms. The fourth-order valence-electron chi connectivity index (χ4n) is 0. The fraction of sp³-hybridized carbons (Fsp3) is 0.600. The van der Waals surface area contributed by atoms with Crippen molar-refractivity contribution in [1.29, 1.82) is 0 Å². The SMILES string of the molecule is C=C[SiH3].CN(C)C. The summed E-state index contributed by atoms with van der Waals surface area (Å²) in [5, 5.41) is 0. The first-order valence-corrected chi connectivity index (χ1v) is 3.48. The van der Waals surface area contributed by atoms with E-state index in [1.54, 1.807) is 0 Å². The van der Waals surface area contributed by atoms with E-state index in [0.29, 0.717) is 0 Å². The summed E-state index contributed by atoms with van der Waals surface area (Å²) < 4.78 is 0. The van der Waals surface area contributed by atoms with Crippen LogP contribution in [0.15, 0.2) is 12.3 Å². The van der Waals surface area contributed by atoms with E-state index in [1.807, 2.05) is 31.7 Å². The molecule has 0 aliphatic heterocycles. The van der Waals surface area contributed by atoms with E-state index < -0.39 is 0 Å². The number of nitrogens with zero attached hydrogens (tertiary/aromatic N) is 1. The molecule has 0 aromatic rings. The van der Waals surface area contributed by atoms with E-state index in [0.717, 1.165) is 10.2 Å². The Labute approximate surface area is 49.4 Å². The monoisotopic (exact) mass is 117 g/mol. The van der Waals surface area contributed by atoms with Crippen LogP contribution in [-0.2, 0) is 0 Å². The summed E-state index contributed by atoms with van der Waals surface area (Å²) in [7, 11) is 7.13. The summed E-state index contributed by atoms with van der Waals surface area (Å²) in [5.74, 6) is 0. The Morgan fingerprint density at radius 1 is 1.43 bits per heavy atom. The smallest absolute Gasteiger partial charge is 0.0283 e. The van der Waals surface area contributed by atoms with Crippen LogP contribution in [-0.4, -0.2) is 36.3 Å². The van der Waals surface area contributed by atoms with Crippen LogP contribution in [0.4, 0.5) is 0 Å². The van der Waals surface area contributed by atoms with Gasteiger partial charge < -0.3 is 4.90 Å². The molecule has 0 amide bonds. The van der Waals surface area contributed by atoms with E-state index in [-0.39, 0.29) is 0 Å². The van der Waals surface area contributed by atoms with E-state index in [9.17, 15) is 0 Å². The molecule has 0 aromatic carbocycles. The second kappa shape index (κ2) is 9.32. The normalized spacial score (nSPS) is 7.43. The first-order valence-electron chi connectivity index (χ1n) is 2.33. The zero-order chi connectivity index (χ0) is 6.28. The van der Waals surface area contributed by atoms with Gasteiger partial charge in [0.25, 0.3) is 0 Å². The lowest BCUT2D eigenvalue weighted by molar-refractivity contribution is 0.505. The summed E-state index contributed by atoms with van der Waals surface area (Å²) >= 11 is 0. The van der Waals surface area contributed by atoms with Gasteiger partial charge in [-0.15, -0.1) is 12.3 Å². The van der Waals surface area contributed by atoms with E-state index in [4.69, 9.17) is 0 Å². The molecule has 0 unspecified atom stereocenters. The quantitative estimate of drug-likeness (QED) is 0.393. The minimum Gasteiger partial charge on any atom is -0.312 e. The lowest BCUT2D eigenvalue weighted by atomic mass is 11.0. The van der Waals surface area contributed by atoms with Crippen LogP contribution < -0.4 is 0 Å². The highest BCUT2D eigenvalue weighted by atomic mass is 28.1. The van der Waals surface area contributed by atoms with E-state index >= 15 is 0 Å². The van der Waals surface area contributed by atoms with Crippen molar-refractivity contribution in [3.8, 4) is 0 Å². The van der Waals surface area contributed by atoms with E-state index in [2.05, 4.69) is 6.58 Å². The minimum atomic E-state index is 1.13. The summed E-state index contributed by atoms with van der Waals surface area (Å²) in [6.07, 6.45) is 0. The summed E-state index contributed by atoms with van der Waals surface area (Å²) in [6.45, 7) is 3.42. The first kappa shape index (κ1) is 10.0. The standard InChI is InChI=1S/C3H9N.C2H6Si/c1-4(2)3;1-2-3/h1-3H3;2H,1H2,3H3. The van der Waals surface area contributed by atoms with Gasteiger partial charge in [-0.1, -0.05) is 0 Å². The second-order valence-electron chi connectivity index (χ2n) is 1.75. The van der Waals surface area contributed by atoms with Crippen molar-refractivity contribution in [2.45, 2.75) is 0 Å². The molecular formula is C5H15NSi. The number of rotatable bonds is 0. The molecule has 2 heteroatoms. The fourth-order valence-corrected chi connectivity index (χ4v) is 0. The zero-order valence-electron chi connectivity index (χ0n) is 5.73. The average Bonchev–Trinajstić information content (AvgIpc) is 1.33. The van der Waals surface area contributed by atoms with Crippen LogP contribution in [0.5, 0.6) is 0 Å². The predicted molar refractivity (Wildman–Crippen MR) is 39.7 cm³/mol. The highest BCUT2D eigenvalue weighted by molar-refractivity contribution is 6.16. The molecule has 0 atom stereocenters. The van der Waals surface area contributed by atoms with Crippen molar-refractivity contribution in [2.24, 2.45) is 0 Å². The van der Waals surface area contributed by atoms with Crippen molar-refractivity contribution in [1.82, 2.24) is 4.90 Å². The molecule has 0 saturated carbocycles. The molecule has 1 nitrogen and oxygen atoms in total. The van der Waals surface area contributed by atoms with Gasteiger partial charge in [0.15, 0.2) is 0 Å². The Balaban J connectivity index is 0. The van der Waals surface area contributed by atoms with Crippen molar-refractivity contribution < 1.29 is 0 Å². The molecule has 0 saturated heterocycles. The summed E-state index contributed by atoms with van der Waals surface area (Å²) in [6, 6.07) is 0. The van der Waals surface area contributed by atoms with Crippen LogP contribution in [0.3, 0.4) is 0 Å². The van der Waals surface area contributed by atoms with Crippen LogP contribution in [0.1, 0.15) is 0 Å². The molecule has 0 rings (SSSR count). The molecule has 0 spiro atoms. The summed E-state index contributed by atoms with van der Waals surface area (Å²) in [5.41, 5.74) is 1.89. The lowest BCUT2D eigenvalue weighted by Gasteiger charge is -1.90. The van der Waals surface area contributed by atoms with Gasteiger partial charge in [0.2, 0.25) is 0 Å². The van der Waals surface area contributed by atoms with Gasteiger partial charge in [0, 0.05) is 10.2 Å². The molecule has 44 valence electrons. The molecule has 0 radical (unpaired) electrons. The maximum absolute atomic E-state index is 3.42. The zero-order valence-corrected chi connectivity index (χ0v) is 7.73. The van der Waals surface area contributed by atoms with Crippen molar-refractivity contribution >= 4 is 10.2 Å². The van der Waals surface area contributed by atoms with Crippen LogP contribution >= 0.6 is 0 Å². The average molecular weight is 117 g/mol. The minimum absolute atomic E-state index is 1.13. The Kier molecular flexibility index (Phi) is 13.3. The lowest BCUT2D eigenvalue weighted by Crippen LogP contribution is -1.99. The molecule has 0 aromatic heterocycles. The highest BCUT2D eigenvalue weighted by Gasteiger charge is 1.58. The van der Waals surface area contributed by atoms with E-state index in [1.165, 1.54) is 0 Å². The molecule has 0 N–H and O–H groups in total. The third-order valence-corrected chi connectivity index (χ3v) is 0. The number of hydrogen-bond acceptors (Lipinski definition) is 1. The Morgan fingerprint density at radius 2 is 1.43 bits per heavy atom. The third-order valence-electron chi connectivity index (χ3n) is 0. The van der Waals surface area contributed by atoms with Crippen molar-refractivity contribution in [3.63, 3.8) is 0 Å². The van der Waals surface area contributed by atoms with Gasteiger partial charge in [-0.05, 0) is 21.1 Å². The van der Waals surface area contributed by atoms with Crippen LogP contribution in [0, 0.1) is 0 Å². The largest absolute Gasteiger partial charge is 0.312 e. The topological polar surface area (TPSA) is 3.24 Å². The van der Waals surface area contributed by atoms with Gasteiger partial charge >= 0.3 is 0 Å². The molecular weight excluding hydrogens is 102 g/mol.